The van der Waals surface area contributed by atoms with E-state index in [1.165, 1.54) is 31.5 Å². The molecule has 3 fully saturated rings. The molecule has 0 saturated carbocycles. The van der Waals surface area contributed by atoms with Crippen LogP contribution in [0.15, 0.2) is 24.3 Å². The molecule has 3 aliphatic heterocycles. The molecular formula is C17H21FN3S+. The molecule has 4 rings (SSSR count). The highest BCUT2D eigenvalue weighted by molar-refractivity contribution is 7.80. The minimum atomic E-state index is -0.248. The lowest BCUT2D eigenvalue weighted by atomic mass is 9.76. The van der Waals surface area contributed by atoms with Crippen LogP contribution in [0.25, 0.3) is 0 Å². The van der Waals surface area contributed by atoms with E-state index in [9.17, 15) is 4.39 Å². The van der Waals surface area contributed by atoms with Crippen molar-refractivity contribution >= 4 is 23.0 Å². The molecule has 1 unspecified atom stereocenters. The Labute approximate surface area is 136 Å². The molecule has 0 aliphatic carbocycles. The summed E-state index contributed by atoms with van der Waals surface area (Å²) in [7, 11) is 0. The van der Waals surface area contributed by atoms with Crippen molar-refractivity contribution in [2.45, 2.75) is 18.9 Å². The number of terminal acetylenes is 1. The average molecular weight is 318 g/mol. The molecule has 2 bridgehead atoms. The van der Waals surface area contributed by atoms with Crippen LogP contribution < -0.4 is 15.5 Å². The van der Waals surface area contributed by atoms with Gasteiger partial charge in [-0.25, -0.2) is 4.39 Å². The van der Waals surface area contributed by atoms with Crippen molar-refractivity contribution in [3.05, 3.63) is 30.1 Å². The SMILES string of the molecule is C#C[C@H]1C[NH+]2CC[C@H]1C[C@@H]2CNC(=S)Nc1ccc(F)cc1. The Hall–Kier alpha value is -1.64. The predicted octanol–water partition coefficient (Wildman–Crippen LogP) is 1.04. The van der Waals surface area contributed by atoms with Crippen LogP contribution >= 0.6 is 12.2 Å². The highest BCUT2D eigenvalue weighted by Gasteiger charge is 2.42. The van der Waals surface area contributed by atoms with Gasteiger partial charge in [0.25, 0.3) is 0 Å². The summed E-state index contributed by atoms with van der Waals surface area (Å²) in [5, 5.41) is 6.96. The summed E-state index contributed by atoms with van der Waals surface area (Å²) in [6, 6.07) is 6.77. The molecule has 5 heteroatoms. The number of quaternary nitrogens is 1. The maximum absolute atomic E-state index is 12.9. The van der Waals surface area contributed by atoms with Gasteiger partial charge in [0.2, 0.25) is 0 Å². The van der Waals surface area contributed by atoms with E-state index in [1.54, 1.807) is 17.0 Å². The number of hydrogen-bond acceptors (Lipinski definition) is 1. The van der Waals surface area contributed by atoms with Gasteiger partial charge in [0.15, 0.2) is 5.11 Å². The quantitative estimate of drug-likeness (QED) is 0.574. The van der Waals surface area contributed by atoms with Crippen LogP contribution in [0.4, 0.5) is 10.1 Å². The van der Waals surface area contributed by atoms with Gasteiger partial charge in [0, 0.05) is 18.5 Å². The number of thiocarbonyl (C=S) groups is 1. The smallest absolute Gasteiger partial charge is 0.170 e. The molecule has 3 aliphatic rings. The van der Waals surface area contributed by atoms with Gasteiger partial charge < -0.3 is 15.5 Å². The number of rotatable bonds is 3. The van der Waals surface area contributed by atoms with E-state index < -0.39 is 0 Å². The third kappa shape index (κ3) is 3.40. The monoisotopic (exact) mass is 318 g/mol. The maximum atomic E-state index is 12.9. The van der Waals surface area contributed by atoms with Crippen molar-refractivity contribution in [1.82, 2.24) is 5.32 Å². The molecule has 1 aromatic carbocycles. The number of anilines is 1. The highest BCUT2D eigenvalue weighted by atomic mass is 32.1. The molecule has 0 radical (unpaired) electrons. The van der Waals surface area contributed by atoms with E-state index in [-0.39, 0.29) is 5.82 Å². The maximum Gasteiger partial charge on any atom is 0.170 e. The Bertz CT molecular complexity index is 581. The fourth-order valence-corrected chi connectivity index (χ4v) is 3.86. The minimum absolute atomic E-state index is 0.248. The van der Waals surface area contributed by atoms with E-state index in [4.69, 9.17) is 18.6 Å². The number of benzene rings is 1. The van der Waals surface area contributed by atoms with Crippen LogP contribution in [0.3, 0.4) is 0 Å². The molecule has 22 heavy (non-hydrogen) atoms. The molecular weight excluding hydrogens is 297 g/mol. The first-order valence-corrected chi connectivity index (χ1v) is 8.17. The lowest BCUT2D eigenvalue weighted by Gasteiger charge is -2.45. The fraction of sp³-hybridized carbons (Fsp3) is 0.471. The van der Waals surface area contributed by atoms with E-state index in [2.05, 4.69) is 16.6 Å². The Balaban J connectivity index is 1.48. The zero-order valence-electron chi connectivity index (χ0n) is 12.4. The van der Waals surface area contributed by atoms with E-state index >= 15 is 0 Å². The fourth-order valence-electron chi connectivity index (χ4n) is 3.66. The van der Waals surface area contributed by atoms with E-state index in [0.717, 1.165) is 18.8 Å². The molecule has 1 aromatic rings. The lowest BCUT2D eigenvalue weighted by Crippen LogP contribution is -3.20. The van der Waals surface area contributed by atoms with Crippen LogP contribution in [-0.4, -0.2) is 30.8 Å². The molecule has 0 spiro atoms. The zero-order chi connectivity index (χ0) is 15.5. The summed E-state index contributed by atoms with van der Waals surface area (Å²) < 4.78 is 12.9. The Morgan fingerprint density at radius 1 is 1.41 bits per heavy atom. The van der Waals surface area contributed by atoms with Crippen molar-refractivity contribution in [2.24, 2.45) is 11.8 Å². The molecule has 3 nitrogen and oxygen atoms in total. The highest BCUT2D eigenvalue weighted by Crippen LogP contribution is 2.26. The van der Waals surface area contributed by atoms with Crippen LogP contribution in [0, 0.1) is 30.0 Å². The van der Waals surface area contributed by atoms with Gasteiger partial charge in [-0.1, -0.05) is 5.92 Å². The van der Waals surface area contributed by atoms with Gasteiger partial charge in [-0.15, -0.1) is 6.42 Å². The topological polar surface area (TPSA) is 28.5 Å². The molecule has 3 heterocycles. The summed E-state index contributed by atoms with van der Waals surface area (Å²) in [4.78, 5) is 1.60. The predicted molar refractivity (Wildman–Crippen MR) is 90.2 cm³/mol. The van der Waals surface area contributed by atoms with Crippen molar-refractivity contribution in [3.8, 4) is 12.3 Å². The summed E-state index contributed by atoms with van der Waals surface area (Å²) in [5.41, 5.74) is 0.795. The molecule has 116 valence electrons. The zero-order valence-corrected chi connectivity index (χ0v) is 13.3. The lowest BCUT2D eigenvalue weighted by molar-refractivity contribution is -0.943. The van der Waals surface area contributed by atoms with Gasteiger partial charge in [0.1, 0.15) is 11.9 Å². The van der Waals surface area contributed by atoms with Crippen LogP contribution in [0.5, 0.6) is 0 Å². The first-order valence-electron chi connectivity index (χ1n) is 7.77. The third-order valence-electron chi connectivity index (χ3n) is 4.88. The second-order valence-corrected chi connectivity index (χ2v) is 6.62. The standard InChI is InChI=1S/C17H20FN3S/c1-2-12-11-21-8-7-13(12)9-16(21)10-19-17(22)20-15-5-3-14(18)4-6-15/h1,3-6,12-13,16H,7-11H2,(H2,19,20,22)/p+1/t12-,13-,16+/m0/s1. The van der Waals surface area contributed by atoms with Crippen molar-refractivity contribution in [3.63, 3.8) is 0 Å². The van der Waals surface area contributed by atoms with Crippen molar-refractivity contribution in [1.29, 1.82) is 0 Å². The van der Waals surface area contributed by atoms with Gasteiger partial charge in [-0.05, 0) is 42.4 Å². The largest absolute Gasteiger partial charge is 0.356 e. The molecule has 0 aromatic heterocycles. The van der Waals surface area contributed by atoms with E-state index in [0.29, 0.717) is 23.0 Å². The van der Waals surface area contributed by atoms with Gasteiger partial charge >= 0.3 is 0 Å². The molecule has 0 amide bonds. The first-order chi connectivity index (χ1) is 10.7. The number of nitrogens with one attached hydrogen (secondary N) is 3. The minimum Gasteiger partial charge on any atom is -0.356 e. The Morgan fingerprint density at radius 2 is 2.18 bits per heavy atom. The number of piperidine rings is 3. The number of halogens is 1. The summed E-state index contributed by atoms with van der Waals surface area (Å²) in [6.07, 6.45) is 8.04. The number of fused-ring (bicyclic) bond motifs is 3. The van der Waals surface area contributed by atoms with Crippen molar-refractivity contribution in [2.75, 3.05) is 25.0 Å². The van der Waals surface area contributed by atoms with E-state index in [1.807, 2.05) is 0 Å². The molecule has 3 N–H and O–H groups in total. The molecule has 3 saturated heterocycles. The van der Waals surface area contributed by atoms with Gasteiger partial charge in [-0.3, -0.25) is 0 Å². The van der Waals surface area contributed by atoms with Crippen LogP contribution in [0.1, 0.15) is 12.8 Å². The Kier molecular flexibility index (Phi) is 4.60. The van der Waals surface area contributed by atoms with Gasteiger partial charge in [0.05, 0.1) is 25.6 Å². The Morgan fingerprint density at radius 3 is 2.82 bits per heavy atom. The van der Waals surface area contributed by atoms with Crippen LogP contribution in [0.2, 0.25) is 0 Å². The molecule has 4 atom stereocenters. The second-order valence-electron chi connectivity index (χ2n) is 6.21. The van der Waals surface area contributed by atoms with Crippen molar-refractivity contribution < 1.29 is 9.29 Å². The van der Waals surface area contributed by atoms with Gasteiger partial charge in [-0.2, -0.15) is 0 Å². The van der Waals surface area contributed by atoms with Crippen LogP contribution in [-0.2, 0) is 0 Å². The summed E-state index contributed by atoms with van der Waals surface area (Å²) in [5.74, 6) is 3.82. The second kappa shape index (κ2) is 6.64. The third-order valence-corrected chi connectivity index (χ3v) is 5.12. The summed E-state index contributed by atoms with van der Waals surface area (Å²) in [6.45, 7) is 3.16. The number of hydrogen-bond donors (Lipinski definition) is 3. The first kappa shape index (κ1) is 15.3. The normalized spacial score (nSPS) is 29.6. The summed E-state index contributed by atoms with van der Waals surface area (Å²) >= 11 is 5.31. The average Bonchev–Trinajstić information content (AvgIpc) is 2.55.